The number of aryl methyl sites for hydroxylation is 1. The normalized spacial score (nSPS) is 12.4. The molecule has 0 bridgehead atoms. The van der Waals surface area contributed by atoms with Crippen molar-refractivity contribution < 1.29 is 17.9 Å². The summed E-state index contributed by atoms with van der Waals surface area (Å²) in [5.74, 6) is -0.0667. The lowest BCUT2D eigenvalue weighted by atomic mass is 10.2. The number of ether oxygens (including phenoxy) is 1. The van der Waals surface area contributed by atoms with Crippen LogP contribution < -0.4 is 0 Å². The minimum atomic E-state index is -4.03. The number of benzene rings is 3. The highest BCUT2D eigenvalue weighted by Crippen LogP contribution is 2.19. The quantitative estimate of drug-likeness (QED) is 0.386. The fourth-order valence-corrected chi connectivity index (χ4v) is 4.29. The van der Waals surface area contributed by atoms with Gasteiger partial charge >= 0.3 is 0 Å². The van der Waals surface area contributed by atoms with Gasteiger partial charge in [-0.1, -0.05) is 78.4 Å². The molecule has 3 rings (SSSR count). The van der Waals surface area contributed by atoms with Crippen LogP contribution in [0.4, 0.5) is 0 Å². The Bertz CT molecular complexity index is 1220. The summed E-state index contributed by atoms with van der Waals surface area (Å²) in [6.45, 7) is 3.88. The third kappa shape index (κ3) is 6.38. The molecule has 0 aromatic heterocycles. The van der Waals surface area contributed by atoms with Crippen LogP contribution in [0.15, 0.2) is 99.2 Å². The molecule has 0 radical (unpaired) electrons. The minimum absolute atomic E-state index is 0.0167. The standard InChI is InChI=1S/C24H22N2O4S2/c1-3-30-24(31-23(27)20-12-8-5-9-13-20)25-22(19-10-6-4-7-11-19)26-32(28,29)21-16-14-18(2)15-17-21/h4-17H,3H2,1-2H3. The molecule has 0 saturated carbocycles. The maximum atomic E-state index is 12.9. The van der Waals surface area contributed by atoms with E-state index in [2.05, 4.69) is 9.39 Å². The highest BCUT2D eigenvalue weighted by Gasteiger charge is 2.18. The third-order valence-corrected chi connectivity index (χ3v) is 6.30. The first kappa shape index (κ1) is 23.4. The van der Waals surface area contributed by atoms with E-state index in [1.165, 1.54) is 12.1 Å². The van der Waals surface area contributed by atoms with E-state index in [-0.39, 0.29) is 27.7 Å². The smallest absolute Gasteiger partial charge is 0.284 e. The molecule has 32 heavy (non-hydrogen) atoms. The monoisotopic (exact) mass is 466 g/mol. The maximum Gasteiger partial charge on any atom is 0.284 e. The number of carbonyl (C=O) groups is 1. The van der Waals surface area contributed by atoms with Crippen LogP contribution in [-0.4, -0.2) is 31.2 Å². The third-order valence-electron chi connectivity index (χ3n) is 4.21. The number of thioether (sulfide) groups is 1. The lowest BCUT2D eigenvalue weighted by molar-refractivity contribution is 0.108. The Kier molecular flexibility index (Phi) is 7.97. The lowest BCUT2D eigenvalue weighted by Gasteiger charge is -2.08. The number of nitrogens with zero attached hydrogens (tertiary/aromatic N) is 2. The molecule has 0 fully saturated rings. The molecule has 0 aliphatic rings. The number of carbonyl (C=O) groups excluding carboxylic acids is 1. The zero-order valence-corrected chi connectivity index (χ0v) is 19.3. The number of hydrogen-bond donors (Lipinski definition) is 0. The number of aliphatic imine (C=N–C) groups is 1. The summed E-state index contributed by atoms with van der Waals surface area (Å²) in [6.07, 6.45) is 0. The predicted molar refractivity (Wildman–Crippen MR) is 129 cm³/mol. The van der Waals surface area contributed by atoms with Gasteiger partial charge in [0.05, 0.1) is 11.5 Å². The summed E-state index contributed by atoms with van der Waals surface area (Å²) in [5, 5.41) is -0.255. The molecule has 0 atom stereocenters. The summed E-state index contributed by atoms with van der Waals surface area (Å²) < 4.78 is 35.4. The van der Waals surface area contributed by atoms with Crippen LogP contribution in [0, 0.1) is 6.92 Å². The number of sulfonamides is 1. The first-order chi connectivity index (χ1) is 15.4. The maximum absolute atomic E-state index is 12.9. The Labute approximate surface area is 192 Å². The van der Waals surface area contributed by atoms with Crippen molar-refractivity contribution in [2.24, 2.45) is 9.39 Å². The van der Waals surface area contributed by atoms with E-state index in [4.69, 9.17) is 4.74 Å². The zero-order valence-electron chi connectivity index (χ0n) is 17.6. The molecule has 0 unspecified atom stereocenters. The van der Waals surface area contributed by atoms with Crippen molar-refractivity contribution >= 4 is 38.0 Å². The van der Waals surface area contributed by atoms with E-state index in [0.717, 1.165) is 17.3 Å². The van der Waals surface area contributed by atoms with E-state index in [9.17, 15) is 13.2 Å². The van der Waals surface area contributed by atoms with Gasteiger partial charge in [0.2, 0.25) is 5.12 Å². The van der Waals surface area contributed by atoms with E-state index in [0.29, 0.717) is 11.1 Å². The Hall–Kier alpha value is -3.23. The molecule has 0 saturated heterocycles. The van der Waals surface area contributed by atoms with E-state index >= 15 is 0 Å². The summed E-state index contributed by atoms with van der Waals surface area (Å²) >= 11 is 0.782. The SMILES string of the molecule is CCOC(=NC(=NS(=O)(=O)c1ccc(C)cc1)c1ccccc1)SC(=O)c1ccccc1. The molecule has 0 aliphatic carbocycles. The average Bonchev–Trinajstić information content (AvgIpc) is 2.80. The Balaban J connectivity index is 2.03. The number of amidine groups is 1. The molecule has 6 nitrogen and oxygen atoms in total. The molecule has 164 valence electrons. The highest BCUT2D eigenvalue weighted by molar-refractivity contribution is 8.26. The zero-order chi connectivity index (χ0) is 23.0. The Morgan fingerprint density at radius 2 is 1.44 bits per heavy atom. The van der Waals surface area contributed by atoms with Crippen LogP contribution in [0.5, 0.6) is 0 Å². The van der Waals surface area contributed by atoms with Gasteiger partial charge in [0.25, 0.3) is 15.3 Å². The molecule has 8 heteroatoms. The van der Waals surface area contributed by atoms with Crippen LogP contribution in [0.3, 0.4) is 0 Å². The Morgan fingerprint density at radius 1 is 0.875 bits per heavy atom. The van der Waals surface area contributed by atoms with Crippen molar-refractivity contribution in [3.63, 3.8) is 0 Å². The summed E-state index contributed by atoms with van der Waals surface area (Å²) in [6, 6.07) is 23.8. The van der Waals surface area contributed by atoms with Crippen molar-refractivity contribution in [2.75, 3.05) is 6.61 Å². The predicted octanol–water partition coefficient (Wildman–Crippen LogP) is 5.10. The van der Waals surface area contributed by atoms with Gasteiger partial charge in [-0.15, -0.1) is 4.40 Å². The van der Waals surface area contributed by atoms with Gasteiger partial charge in [-0.3, -0.25) is 4.79 Å². The fraction of sp³-hybridized carbons (Fsp3) is 0.125. The van der Waals surface area contributed by atoms with Crippen molar-refractivity contribution in [3.05, 3.63) is 102 Å². The average molecular weight is 467 g/mol. The van der Waals surface area contributed by atoms with Crippen LogP contribution in [0.1, 0.15) is 28.4 Å². The molecular formula is C24H22N2O4S2. The fourth-order valence-electron chi connectivity index (χ4n) is 2.61. The van der Waals surface area contributed by atoms with Crippen LogP contribution in [-0.2, 0) is 14.8 Å². The van der Waals surface area contributed by atoms with Crippen LogP contribution in [0.2, 0.25) is 0 Å². The first-order valence-electron chi connectivity index (χ1n) is 9.85. The van der Waals surface area contributed by atoms with Gasteiger partial charge < -0.3 is 4.74 Å². The van der Waals surface area contributed by atoms with Gasteiger partial charge in [0.15, 0.2) is 5.84 Å². The topological polar surface area (TPSA) is 85.2 Å². The van der Waals surface area contributed by atoms with Gasteiger partial charge in [-0.2, -0.15) is 13.4 Å². The van der Waals surface area contributed by atoms with Crippen LogP contribution >= 0.6 is 11.8 Å². The molecule has 3 aromatic carbocycles. The second-order valence-electron chi connectivity index (χ2n) is 6.64. The van der Waals surface area contributed by atoms with Gasteiger partial charge in [-0.25, -0.2) is 0 Å². The molecule has 3 aromatic rings. The summed E-state index contributed by atoms with van der Waals surface area (Å²) in [5.41, 5.74) is 1.90. The second kappa shape index (κ2) is 10.9. The first-order valence-corrected chi connectivity index (χ1v) is 12.1. The van der Waals surface area contributed by atoms with E-state index < -0.39 is 10.0 Å². The van der Waals surface area contributed by atoms with Gasteiger partial charge in [0.1, 0.15) is 0 Å². The highest BCUT2D eigenvalue weighted by atomic mass is 32.2. The van der Waals surface area contributed by atoms with Crippen molar-refractivity contribution in [3.8, 4) is 0 Å². The number of hydrogen-bond acceptors (Lipinski definition) is 5. The molecule has 0 spiro atoms. The van der Waals surface area contributed by atoms with Crippen molar-refractivity contribution in [1.82, 2.24) is 0 Å². The van der Waals surface area contributed by atoms with E-state index in [1.807, 2.05) is 13.0 Å². The minimum Gasteiger partial charge on any atom is -0.473 e. The summed E-state index contributed by atoms with van der Waals surface area (Å²) in [7, 11) is -4.03. The van der Waals surface area contributed by atoms with Crippen molar-refractivity contribution in [1.29, 1.82) is 0 Å². The van der Waals surface area contributed by atoms with Crippen LogP contribution in [0.25, 0.3) is 0 Å². The molecule has 0 N–H and O–H groups in total. The largest absolute Gasteiger partial charge is 0.473 e. The Morgan fingerprint density at radius 3 is 2.00 bits per heavy atom. The lowest BCUT2D eigenvalue weighted by Crippen LogP contribution is -2.11. The molecule has 0 aliphatic heterocycles. The summed E-state index contributed by atoms with van der Waals surface area (Å²) in [4.78, 5) is 17.0. The molecule has 0 heterocycles. The van der Waals surface area contributed by atoms with Crippen molar-refractivity contribution in [2.45, 2.75) is 18.7 Å². The molecular weight excluding hydrogens is 444 g/mol. The van der Waals surface area contributed by atoms with Gasteiger partial charge in [-0.05, 0) is 26.0 Å². The van der Waals surface area contributed by atoms with E-state index in [1.54, 1.807) is 73.7 Å². The molecule has 0 amide bonds. The second-order valence-corrected chi connectivity index (χ2v) is 9.16. The number of rotatable bonds is 5. The van der Waals surface area contributed by atoms with Gasteiger partial charge in [0, 0.05) is 22.9 Å².